The van der Waals surface area contributed by atoms with Crippen molar-refractivity contribution in [2.45, 2.75) is 16.6 Å². The summed E-state index contributed by atoms with van der Waals surface area (Å²) in [6.07, 6.45) is 3.00. The number of nitrogens with one attached hydrogen (secondary N) is 1. The molecular formula is C21H16N6O3S. The van der Waals surface area contributed by atoms with E-state index in [0.29, 0.717) is 16.8 Å². The summed E-state index contributed by atoms with van der Waals surface area (Å²) in [5.74, 6) is -0.340. The highest BCUT2D eigenvalue weighted by Gasteiger charge is 2.14. The largest absolute Gasteiger partial charge is 0.448 e. The third kappa shape index (κ3) is 3.68. The van der Waals surface area contributed by atoms with Gasteiger partial charge < -0.3 is 14.3 Å². The third-order valence-corrected chi connectivity index (χ3v) is 5.74. The van der Waals surface area contributed by atoms with Crippen LogP contribution in [0.15, 0.2) is 80.4 Å². The molecule has 0 saturated carbocycles. The molecule has 9 nitrogen and oxygen atoms in total. The van der Waals surface area contributed by atoms with E-state index < -0.39 is 5.56 Å². The van der Waals surface area contributed by atoms with E-state index in [1.54, 1.807) is 24.5 Å². The van der Waals surface area contributed by atoms with Gasteiger partial charge in [-0.2, -0.15) is 0 Å². The number of para-hydroxylation sites is 1. The van der Waals surface area contributed by atoms with Crippen molar-refractivity contribution in [3.8, 4) is 0 Å². The molecule has 0 aliphatic heterocycles. The summed E-state index contributed by atoms with van der Waals surface area (Å²) >= 11 is 1.47. The predicted octanol–water partition coefficient (Wildman–Crippen LogP) is 3.06. The standard InChI is InChI=1S/C21H16N6O3S/c1-26-12-23-25-21(26)31-14-8-6-13(7-9-14)24-17(28)10-27-11-22-18-15-4-2-3-5-16(15)30-19(18)20(27)29/h2-9,11-12H,10H2,1H3,(H,24,28). The van der Waals surface area contributed by atoms with Crippen LogP contribution >= 0.6 is 11.8 Å². The molecule has 2 aromatic carbocycles. The van der Waals surface area contributed by atoms with Crippen molar-refractivity contribution >= 4 is 45.4 Å². The minimum absolute atomic E-state index is 0.140. The van der Waals surface area contributed by atoms with Crippen LogP contribution in [0.1, 0.15) is 0 Å². The van der Waals surface area contributed by atoms with Crippen LogP contribution in [0.25, 0.3) is 22.1 Å². The zero-order valence-corrected chi connectivity index (χ0v) is 17.2. The summed E-state index contributed by atoms with van der Waals surface area (Å²) in [6.45, 7) is -0.172. The molecule has 5 rings (SSSR count). The average Bonchev–Trinajstić information content (AvgIpc) is 3.35. The second-order valence-corrected chi connectivity index (χ2v) is 7.89. The number of hydrogen-bond acceptors (Lipinski definition) is 7. The lowest BCUT2D eigenvalue weighted by molar-refractivity contribution is -0.116. The van der Waals surface area contributed by atoms with Gasteiger partial charge in [-0.1, -0.05) is 12.1 Å². The number of carbonyl (C=O) groups excluding carboxylic acids is 1. The summed E-state index contributed by atoms with van der Waals surface area (Å²) in [7, 11) is 1.87. The molecule has 0 radical (unpaired) electrons. The number of anilines is 1. The van der Waals surface area contributed by atoms with Gasteiger partial charge in [0.2, 0.25) is 11.5 Å². The molecule has 0 aliphatic carbocycles. The van der Waals surface area contributed by atoms with Crippen molar-refractivity contribution in [3.63, 3.8) is 0 Å². The van der Waals surface area contributed by atoms with Gasteiger partial charge in [0, 0.05) is 23.0 Å². The molecule has 0 unspecified atom stereocenters. The molecule has 10 heteroatoms. The summed E-state index contributed by atoms with van der Waals surface area (Å²) in [4.78, 5) is 30.5. The number of amides is 1. The van der Waals surface area contributed by atoms with Crippen molar-refractivity contribution in [2.75, 3.05) is 5.32 Å². The molecule has 0 bridgehead atoms. The van der Waals surface area contributed by atoms with Crippen LogP contribution < -0.4 is 10.9 Å². The highest BCUT2D eigenvalue weighted by atomic mass is 32.2. The molecule has 3 heterocycles. The Hall–Kier alpha value is -3.92. The average molecular weight is 432 g/mol. The van der Waals surface area contributed by atoms with Gasteiger partial charge in [-0.25, -0.2) is 4.98 Å². The van der Waals surface area contributed by atoms with Crippen LogP contribution in [0.4, 0.5) is 5.69 Å². The van der Waals surface area contributed by atoms with Crippen LogP contribution in [0.3, 0.4) is 0 Å². The summed E-state index contributed by atoms with van der Waals surface area (Å²) in [6, 6.07) is 14.6. The highest BCUT2D eigenvalue weighted by Crippen LogP contribution is 2.26. The molecule has 0 spiro atoms. The molecule has 154 valence electrons. The Bertz CT molecular complexity index is 1470. The van der Waals surface area contributed by atoms with Gasteiger partial charge >= 0.3 is 0 Å². The number of nitrogens with zero attached hydrogens (tertiary/aromatic N) is 5. The Morgan fingerprint density at radius 3 is 2.71 bits per heavy atom. The molecule has 1 N–H and O–H groups in total. The fourth-order valence-electron chi connectivity index (χ4n) is 3.16. The number of carbonyl (C=O) groups is 1. The first-order chi connectivity index (χ1) is 15.1. The minimum Gasteiger partial charge on any atom is -0.448 e. The Kier molecular flexibility index (Phi) is 4.75. The first-order valence-electron chi connectivity index (χ1n) is 9.37. The van der Waals surface area contributed by atoms with Gasteiger partial charge in [-0.05, 0) is 48.2 Å². The normalized spacial score (nSPS) is 11.3. The number of aromatic nitrogens is 5. The summed E-state index contributed by atoms with van der Waals surface area (Å²) in [5, 5.41) is 12.2. The number of aryl methyl sites for hydroxylation is 1. The second kappa shape index (κ2) is 7.73. The van der Waals surface area contributed by atoms with Crippen molar-refractivity contribution in [3.05, 3.63) is 71.5 Å². The second-order valence-electron chi connectivity index (χ2n) is 6.85. The first-order valence-corrected chi connectivity index (χ1v) is 10.2. The smallest absolute Gasteiger partial charge is 0.297 e. The maximum atomic E-state index is 12.7. The van der Waals surface area contributed by atoms with E-state index in [4.69, 9.17) is 4.42 Å². The van der Waals surface area contributed by atoms with Crippen LogP contribution in [0.5, 0.6) is 0 Å². The van der Waals surface area contributed by atoms with Gasteiger partial charge in [0.25, 0.3) is 5.56 Å². The van der Waals surface area contributed by atoms with Gasteiger partial charge in [-0.3, -0.25) is 14.2 Å². The van der Waals surface area contributed by atoms with E-state index in [-0.39, 0.29) is 18.0 Å². The summed E-state index contributed by atoms with van der Waals surface area (Å²) < 4.78 is 8.71. The van der Waals surface area contributed by atoms with Crippen molar-refractivity contribution < 1.29 is 9.21 Å². The lowest BCUT2D eigenvalue weighted by atomic mass is 10.2. The molecule has 5 aromatic rings. The zero-order valence-electron chi connectivity index (χ0n) is 16.3. The van der Waals surface area contributed by atoms with Crippen molar-refractivity contribution in [1.29, 1.82) is 0 Å². The van der Waals surface area contributed by atoms with Crippen molar-refractivity contribution in [2.24, 2.45) is 7.05 Å². The van der Waals surface area contributed by atoms with Crippen molar-refractivity contribution in [1.82, 2.24) is 24.3 Å². The van der Waals surface area contributed by atoms with E-state index in [9.17, 15) is 9.59 Å². The van der Waals surface area contributed by atoms with Gasteiger partial charge in [0.05, 0.1) is 6.33 Å². The third-order valence-electron chi connectivity index (χ3n) is 4.68. The first kappa shape index (κ1) is 19.1. The zero-order chi connectivity index (χ0) is 21.4. The van der Waals surface area contributed by atoms with E-state index in [0.717, 1.165) is 15.4 Å². The lowest BCUT2D eigenvalue weighted by Gasteiger charge is -2.08. The lowest BCUT2D eigenvalue weighted by Crippen LogP contribution is -2.27. The minimum atomic E-state index is -0.397. The molecule has 0 atom stereocenters. The van der Waals surface area contributed by atoms with Crippen LogP contribution in [-0.4, -0.2) is 30.2 Å². The SMILES string of the molecule is Cn1cnnc1Sc1ccc(NC(=O)Cn2cnc3c(oc4ccccc43)c2=O)cc1. The molecule has 0 fully saturated rings. The van der Waals surface area contributed by atoms with Crippen LogP contribution in [0, 0.1) is 0 Å². The molecule has 31 heavy (non-hydrogen) atoms. The number of benzene rings is 2. The fourth-order valence-corrected chi connectivity index (χ4v) is 3.92. The van der Waals surface area contributed by atoms with E-state index in [1.807, 2.05) is 41.9 Å². The molecular weight excluding hydrogens is 416 g/mol. The molecule has 0 saturated heterocycles. The van der Waals surface area contributed by atoms with Gasteiger partial charge in [-0.15, -0.1) is 10.2 Å². The maximum absolute atomic E-state index is 12.7. The van der Waals surface area contributed by atoms with Crippen LogP contribution in [0.2, 0.25) is 0 Å². The summed E-state index contributed by atoms with van der Waals surface area (Å²) in [5.41, 5.74) is 1.45. The topological polar surface area (TPSA) is 108 Å². The maximum Gasteiger partial charge on any atom is 0.297 e. The van der Waals surface area contributed by atoms with Crippen LogP contribution in [-0.2, 0) is 18.4 Å². The Balaban J connectivity index is 1.30. The quantitative estimate of drug-likeness (QED) is 0.455. The molecule has 0 aliphatic rings. The number of rotatable bonds is 5. The van der Waals surface area contributed by atoms with E-state index in [2.05, 4.69) is 20.5 Å². The fraction of sp³-hybridized carbons (Fsp3) is 0.0952. The number of hydrogen-bond donors (Lipinski definition) is 1. The van der Waals surface area contributed by atoms with E-state index in [1.165, 1.54) is 22.7 Å². The highest BCUT2D eigenvalue weighted by molar-refractivity contribution is 7.99. The molecule has 3 aromatic heterocycles. The Morgan fingerprint density at radius 1 is 1.13 bits per heavy atom. The predicted molar refractivity (Wildman–Crippen MR) is 116 cm³/mol. The van der Waals surface area contributed by atoms with Gasteiger partial charge in [0.1, 0.15) is 24.0 Å². The van der Waals surface area contributed by atoms with Gasteiger partial charge in [0.15, 0.2) is 5.16 Å². The number of fused-ring (bicyclic) bond motifs is 3. The van der Waals surface area contributed by atoms with E-state index >= 15 is 0 Å². The Labute approximate surface area is 179 Å². The number of furan rings is 1. The monoisotopic (exact) mass is 432 g/mol. The Morgan fingerprint density at radius 2 is 1.94 bits per heavy atom. The molecule has 1 amide bonds.